The number of nitrogens with one attached hydrogen (secondary N) is 1. The average Bonchev–Trinajstić information content (AvgIpc) is 3.60. The van der Waals surface area contributed by atoms with E-state index in [0.29, 0.717) is 46.5 Å². The second-order valence-electron chi connectivity index (χ2n) is 7.35. The molecule has 0 amide bonds. The van der Waals surface area contributed by atoms with Crippen LogP contribution in [0.2, 0.25) is 0 Å². The molecule has 1 aliphatic heterocycles. The molecular weight excluding hydrogens is 448 g/mol. The molecule has 1 N–H and O–H groups in total. The molecule has 9 nitrogen and oxygen atoms in total. The van der Waals surface area contributed by atoms with Crippen LogP contribution < -0.4 is 4.90 Å². The van der Waals surface area contributed by atoms with Gasteiger partial charge < -0.3 is 4.90 Å². The second-order valence-corrected chi connectivity index (χ2v) is 8.24. The normalized spacial score (nSPS) is 14.9. The predicted octanol–water partition coefficient (Wildman–Crippen LogP) is 4.45. The van der Waals surface area contributed by atoms with Crippen LogP contribution in [0, 0.1) is 11.6 Å². The van der Waals surface area contributed by atoms with Crippen LogP contribution in [-0.2, 0) is 0 Å². The van der Waals surface area contributed by atoms with Crippen molar-refractivity contribution in [2.75, 3.05) is 4.90 Å². The number of nitrogens with zero attached hydrogens (tertiary/aromatic N) is 8. The van der Waals surface area contributed by atoms with E-state index in [4.69, 9.17) is 4.98 Å². The van der Waals surface area contributed by atoms with Crippen LogP contribution in [0.5, 0.6) is 0 Å². The van der Waals surface area contributed by atoms with Crippen LogP contribution in [0.3, 0.4) is 0 Å². The largest absolute Gasteiger partial charge is 0.314 e. The molecule has 6 rings (SSSR count). The smallest absolute Gasteiger partial charge is 0.165 e. The first-order valence-electron chi connectivity index (χ1n) is 10.1. The number of halogens is 2. The lowest BCUT2D eigenvalue weighted by molar-refractivity contribution is 0.507. The summed E-state index contributed by atoms with van der Waals surface area (Å²) in [5.41, 5.74) is 2.47. The zero-order chi connectivity index (χ0) is 22.5. The fourth-order valence-corrected chi connectivity index (χ4v) is 4.68. The maximum absolute atomic E-state index is 14.2. The zero-order valence-corrected chi connectivity index (χ0v) is 18.0. The number of thiazole rings is 1. The molecule has 1 aliphatic rings. The highest BCUT2D eigenvalue weighted by atomic mass is 32.1. The van der Waals surface area contributed by atoms with E-state index in [0.717, 1.165) is 17.1 Å². The van der Waals surface area contributed by atoms with Gasteiger partial charge in [-0.2, -0.15) is 5.10 Å². The van der Waals surface area contributed by atoms with Crippen molar-refractivity contribution in [3.05, 3.63) is 66.0 Å². The van der Waals surface area contributed by atoms with Gasteiger partial charge in [0, 0.05) is 23.3 Å². The molecule has 12 heteroatoms. The molecule has 4 aromatic heterocycles. The summed E-state index contributed by atoms with van der Waals surface area (Å²) in [6.45, 7) is 1.99. The molecule has 0 fully saturated rings. The number of hydrogen-bond donors (Lipinski definition) is 1. The maximum Gasteiger partial charge on any atom is 0.165 e. The Hall–Kier alpha value is -4.06. The molecule has 1 atom stereocenters. The Morgan fingerprint density at radius 3 is 2.85 bits per heavy atom. The fourth-order valence-electron chi connectivity index (χ4n) is 4.03. The highest BCUT2D eigenvalue weighted by molar-refractivity contribution is 7.13. The first-order chi connectivity index (χ1) is 16.2. The van der Waals surface area contributed by atoms with E-state index >= 15 is 0 Å². The molecule has 0 saturated carbocycles. The topological polar surface area (TPSA) is 101 Å². The first-order valence-corrected chi connectivity index (χ1v) is 11.0. The molecule has 0 unspecified atom stereocenters. The van der Waals surface area contributed by atoms with Crippen molar-refractivity contribution in [3.8, 4) is 27.8 Å². The molecule has 0 saturated heterocycles. The number of aromatic nitrogens is 8. The van der Waals surface area contributed by atoms with E-state index in [2.05, 4.69) is 30.4 Å². The van der Waals surface area contributed by atoms with Gasteiger partial charge in [0.15, 0.2) is 29.1 Å². The summed E-state index contributed by atoms with van der Waals surface area (Å²) in [7, 11) is 0. The van der Waals surface area contributed by atoms with E-state index in [1.807, 2.05) is 21.8 Å². The number of anilines is 2. The van der Waals surface area contributed by atoms with Crippen molar-refractivity contribution >= 4 is 22.8 Å². The van der Waals surface area contributed by atoms with E-state index < -0.39 is 11.6 Å². The van der Waals surface area contributed by atoms with Gasteiger partial charge in [-0.15, -0.1) is 21.5 Å². The Kier molecular flexibility index (Phi) is 4.47. The van der Waals surface area contributed by atoms with Gasteiger partial charge in [-0.1, -0.05) is 6.92 Å². The Balaban J connectivity index is 1.57. The minimum Gasteiger partial charge on any atom is -0.314 e. The van der Waals surface area contributed by atoms with E-state index in [1.54, 1.807) is 24.9 Å². The molecule has 164 valence electrons. The number of fused-ring (bicyclic) bond motifs is 3. The predicted molar refractivity (Wildman–Crippen MR) is 117 cm³/mol. The van der Waals surface area contributed by atoms with Gasteiger partial charge in [0.25, 0.3) is 0 Å². The second kappa shape index (κ2) is 7.52. The summed E-state index contributed by atoms with van der Waals surface area (Å²) < 4.78 is 29.7. The molecule has 0 bridgehead atoms. The third kappa shape index (κ3) is 3.02. The monoisotopic (exact) mass is 463 g/mol. The van der Waals surface area contributed by atoms with Crippen molar-refractivity contribution in [2.24, 2.45) is 0 Å². The molecule has 0 aliphatic carbocycles. The lowest BCUT2D eigenvalue weighted by Crippen LogP contribution is -2.32. The molecule has 0 spiro atoms. The van der Waals surface area contributed by atoms with Crippen LogP contribution in [0.25, 0.3) is 27.8 Å². The highest BCUT2D eigenvalue weighted by Gasteiger charge is 2.35. The minimum absolute atomic E-state index is 0.296. The average molecular weight is 463 g/mol. The van der Waals surface area contributed by atoms with Crippen molar-refractivity contribution in [3.63, 3.8) is 0 Å². The first kappa shape index (κ1) is 19.6. The maximum atomic E-state index is 14.2. The van der Waals surface area contributed by atoms with Crippen LogP contribution >= 0.6 is 11.3 Å². The molecule has 5 heterocycles. The van der Waals surface area contributed by atoms with Crippen molar-refractivity contribution in [1.29, 1.82) is 0 Å². The van der Waals surface area contributed by atoms with Crippen LogP contribution in [0.15, 0.2) is 48.5 Å². The van der Waals surface area contributed by atoms with Gasteiger partial charge >= 0.3 is 0 Å². The fraction of sp³-hybridized carbons (Fsp3) is 0.143. The van der Waals surface area contributed by atoms with Gasteiger partial charge in [-0.05, 0) is 18.6 Å². The summed E-state index contributed by atoms with van der Waals surface area (Å²) >= 11 is 1.47. The zero-order valence-electron chi connectivity index (χ0n) is 17.1. The number of H-pyrrole nitrogens is 1. The molecule has 0 radical (unpaired) electrons. The summed E-state index contributed by atoms with van der Waals surface area (Å²) in [5.74, 6) is -0.242. The van der Waals surface area contributed by atoms with Gasteiger partial charge in [0.05, 0.1) is 24.0 Å². The van der Waals surface area contributed by atoms with Crippen LogP contribution in [-0.4, -0.2) is 39.9 Å². The van der Waals surface area contributed by atoms with Crippen LogP contribution in [0.4, 0.5) is 20.3 Å². The summed E-state index contributed by atoms with van der Waals surface area (Å²) in [6, 6.07) is 3.50. The Morgan fingerprint density at radius 1 is 1.15 bits per heavy atom. The lowest BCUT2D eigenvalue weighted by Gasteiger charge is -2.36. The third-order valence-electron chi connectivity index (χ3n) is 5.52. The van der Waals surface area contributed by atoms with E-state index in [1.165, 1.54) is 17.4 Å². The Labute approximate surface area is 189 Å². The molecule has 5 aromatic rings. The quantitative estimate of drug-likeness (QED) is 0.420. The van der Waals surface area contributed by atoms with Gasteiger partial charge in [-0.3, -0.25) is 9.67 Å². The lowest BCUT2D eigenvalue weighted by atomic mass is 10.1. The van der Waals surface area contributed by atoms with Gasteiger partial charge in [-0.25, -0.2) is 23.7 Å². The molecule has 33 heavy (non-hydrogen) atoms. The molecular formula is C21H15F2N9S. The Bertz CT molecular complexity index is 1460. The van der Waals surface area contributed by atoms with Gasteiger partial charge in [0.1, 0.15) is 22.7 Å². The van der Waals surface area contributed by atoms with Crippen LogP contribution in [0.1, 0.15) is 25.2 Å². The van der Waals surface area contributed by atoms with E-state index in [-0.39, 0.29) is 6.04 Å². The molecule has 1 aromatic carbocycles. The summed E-state index contributed by atoms with van der Waals surface area (Å²) in [6.07, 6.45) is 7.25. The number of rotatable bonds is 4. The van der Waals surface area contributed by atoms with E-state index in [9.17, 15) is 8.78 Å². The Morgan fingerprint density at radius 2 is 2.06 bits per heavy atom. The minimum atomic E-state index is -0.939. The number of benzene rings is 1. The number of aromatic amines is 1. The SMILES string of the molecule is CC[C@@H]1c2nncn2-c2cnc(-c3cn[nH]c3-c3nccs3)nc2N1c1ccc(F)c(F)c1. The summed E-state index contributed by atoms with van der Waals surface area (Å²) in [4.78, 5) is 15.6. The van der Waals surface area contributed by atoms with Gasteiger partial charge in [0.2, 0.25) is 0 Å². The van der Waals surface area contributed by atoms with Crippen molar-refractivity contribution in [2.45, 2.75) is 19.4 Å². The summed E-state index contributed by atoms with van der Waals surface area (Å²) in [5, 5.41) is 18.1. The van der Waals surface area contributed by atoms with Crippen molar-refractivity contribution < 1.29 is 8.78 Å². The number of hydrogen-bond acceptors (Lipinski definition) is 8. The third-order valence-corrected chi connectivity index (χ3v) is 6.31. The van der Waals surface area contributed by atoms with Crippen molar-refractivity contribution in [1.82, 2.24) is 39.9 Å². The highest BCUT2D eigenvalue weighted by Crippen LogP contribution is 2.44. The standard InChI is InChI=1S/C21H15F2N9S/c1-2-15-20-30-27-10-31(20)16-9-25-18(12-8-26-29-17(12)21-24-5-6-33-21)28-19(16)32(15)11-3-4-13(22)14(23)7-11/h3-10,15H,2H2,1H3,(H,26,29)/t15-/m1/s1.